The normalized spacial score (nSPS) is 25.6. The minimum Gasteiger partial charge on any atom is -0.368 e. The summed E-state index contributed by atoms with van der Waals surface area (Å²) in [6, 6.07) is 0. The molecule has 0 aromatic heterocycles. The Morgan fingerprint density at radius 2 is 1.80 bits per heavy atom. The molecule has 0 spiro atoms. The Balaban J connectivity index is 1.46. The fraction of sp³-hybridized carbons (Fsp3) is 0.895. The van der Waals surface area contributed by atoms with E-state index in [9.17, 15) is 4.79 Å². The highest BCUT2D eigenvalue weighted by molar-refractivity contribution is 5.82. The summed E-state index contributed by atoms with van der Waals surface area (Å²) in [6.45, 7) is 7.90. The van der Waals surface area contributed by atoms with Crippen molar-refractivity contribution in [2.75, 3.05) is 45.9 Å². The van der Waals surface area contributed by atoms with E-state index in [1.807, 2.05) is 4.90 Å². The van der Waals surface area contributed by atoms with Crippen LogP contribution in [-0.2, 0) is 9.53 Å². The van der Waals surface area contributed by atoms with Crippen molar-refractivity contribution in [1.29, 1.82) is 0 Å². The van der Waals surface area contributed by atoms with Gasteiger partial charge in [-0.25, -0.2) is 0 Å². The summed E-state index contributed by atoms with van der Waals surface area (Å²) in [5.74, 6) is 2.08. The molecule has 0 aromatic rings. The number of amides is 1. The average Bonchev–Trinajstić information content (AvgIpc) is 3.34. The van der Waals surface area contributed by atoms with Crippen LogP contribution in [0.15, 0.2) is 4.99 Å². The van der Waals surface area contributed by atoms with Crippen LogP contribution in [0.1, 0.15) is 51.9 Å². The van der Waals surface area contributed by atoms with Gasteiger partial charge in [0.15, 0.2) is 5.96 Å². The molecule has 6 nitrogen and oxygen atoms in total. The third-order valence-corrected chi connectivity index (χ3v) is 5.70. The van der Waals surface area contributed by atoms with Crippen molar-refractivity contribution in [3.05, 3.63) is 0 Å². The molecule has 3 aliphatic rings. The smallest absolute Gasteiger partial charge is 0.251 e. The van der Waals surface area contributed by atoms with Gasteiger partial charge in [-0.2, -0.15) is 0 Å². The molecule has 1 N–H and O–H groups in total. The number of carbonyl (C=O) groups excluding carboxylic acids is 1. The van der Waals surface area contributed by atoms with Crippen molar-refractivity contribution in [2.24, 2.45) is 10.9 Å². The second-order valence-corrected chi connectivity index (χ2v) is 7.49. The van der Waals surface area contributed by atoms with Crippen LogP contribution in [0.25, 0.3) is 0 Å². The van der Waals surface area contributed by atoms with Crippen LogP contribution in [0.5, 0.6) is 0 Å². The molecule has 25 heavy (non-hydrogen) atoms. The molecule has 1 saturated carbocycles. The van der Waals surface area contributed by atoms with E-state index in [0.717, 1.165) is 70.6 Å². The van der Waals surface area contributed by atoms with Crippen molar-refractivity contribution >= 4 is 11.9 Å². The van der Waals surface area contributed by atoms with Gasteiger partial charge in [0, 0.05) is 45.9 Å². The first-order valence-corrected chi connectivity index (χ1v) is 10.2. The molecule has 3 rings (SSSR count). The van der Waals surface area contributed by atoms with Crippen LogP contribution >= 0.6 is 0 Å². The van der Waals surface area contributed by atoms with E-state index in [2.05, 4.69) is 17.1 Å². The number of guanidine groups is 1. The molecule has 1 aliphatic carbocycles. The van der Waals surface area contributed by atoms with Gasteiger partial charge >= 0.3 is 0 Å². The van der Waals surface area contributed by atoms with E-state index < -0.39 is 0 Å². The minimum absolute atomic E-state index is 0.181. The zero-order chi connectivity index (χ0) is 17.5. The molecule has 2 saturated heterocycles. The molecule has 1 amide bonds. The predicted molar refractivity (Wildman–Crippen MR) is 99.7 cm³/mol. The quantitative estimate of drug-likeness (QED) is 0.607. The summed E-state index contributed by atoms with van der Waals surface area (Å²) in [6.07, 6.45) is 8.47. The van der Waals surface area contributed by atoms with Crippen molar-refractivity contribution in [3.63, 3.8) is 0 Å². The van der Waals surface area contributed by atoms with Gasteiger partial charge in [-0.1, -0.05) is 25.7 Å². The number of aliphatic imine (C=N–C) groups is 1. The number of nitrogens with zero attached hydrogens (tertiary/aromatic N) is 3. The van der Waals surface area contributed by atoms with Gasteiger partial charge in [0.05, 0.1) is 0 Å². The molecule has 0 aromatic carbocycles. The maximum atomic E-state index is 12.5. The molecule has 1 atom stereocenters. The third kappa shape index (κ3) is 5.09. The van der Waals surface area contributed by atoms with E-state index in [4.69, 9.17) is 9.73 Å². The van der Waals surface area contributed by atoms with Gasteiger partial charge in [-0.15, -0.1) is 0 Å². The van der Waals surface area contributed by atoms with E-state index in [0.29, 0.717) is 0 Å². The fourth-order valence-electron chi connectivity index (χ4n) is 4.19. The molecule has 2 aliphatic heterocycles. The summed E-state index contributed by atoms with van der Waals surface area (Å²) in [5.41, 5.74) is 0. The average molecular weight is 351 g/mol. The molecular weight excluding hydrogens is 316 g/mol. The number of ether oxygens (including phenoxy) is 1. The largest absolute Gasteiger partial charge is 0.368 e. The van der Waals surface area contributed by atoms with Gasteiger partial charge in [0.1, 0.15) is 6.10 Å². The van der Waals surface area contributed by atoms with Crippen molar-refractivity contribution in [3.8, 4) is 0 Å². The summed E-state index contributed by atoms with van der Waals surface area (Å²) in [7, 11) is 0. The first-order valence-electron chi connectivity index (χ1n) is 10.2. The Kier molecular flexibility index (Phi) is 6.96. The molecule has 142 valence electrons. The number of carbonyl (C=O) groups is 1. The molecule has 6 heteroatoms. The van der Waals surface area contributed by atoms with Crippen molar-refractivity contribution < 1.29 is 9.53 Å². The van der Waals surface area contributed by atoms with Crippen LogP contribution in [0.4, 0.5) is 0 Å². The Morgan fingerprint density at radius 3 is 2.44 bits per heavy atom. The maximum Gasteiger partial charge on any atom is 0.251 e. The van der Waals surface area contributed by atoms with Gasteiger partial charge in [0.2, 0.25) is 0 Å². The first kappa shape index (κ1) is 18.5. The third-order valence-electron chi connectivity index (χ3n) is 5.70. The number of piperazine rings is 1. The summed E-state index contributed by atoms with van der Waals surface area (Å²) in [4.78, 5) is 21.6. The van der Waals surface area contributed by atoms with Gasteiger partial charge < -0.3 is 19.9 Å². The van der Waals surface area contributed by atoms with Crippen LogP contribution in [0, 0.1) is 5.92 Å². The Morgan fingerprint density at radius 1 is 1.08 bits per heavy atom. The van der Waals surface area contributed by atoms with E-state index in [1.165, 1.54) is 32.1 Å². The summed E-state index contributed by atoms with van der Waals surface area (Å²) in [5, 5.41) is 3.42. The molecule has 0 bridgehead atoms. The summed E-state index contributed by atoms with van der Waals surface area (Å²) >= 11 is 0. The minimum atomic E-state index is -0.195. The molecular formula is C19H34N4O2. The first-order chi connectivity index (χ1) is 12.3. The molecule has 1 unspecified atom stereocenters. The lowest BCUT2D eigenvalue weighted by molar-refractivity contribution is -0.142. The summed E-state index contributed by atoms with van der Waals surface area (Å²) < 4.78 is 5.54. The molecule has 0 radical (unpaired) electrons. The SMILES string of the molecule is CCNC(=NCCC1CCCC1)N1CCN(C(=O)C2CCCO2)CC1. The number of hydrogen-bond acceptors (Lipinski definition) is 3. The Labute approximate surface area is 152 Å². The number of hydrogen-bond donors (Lipinski definition) is 1. The van der Waals surface area contributed by atoms with Crippen LogP contribution in [0.2, 0.25) is 0 Å². The highest BCUT2D eigenvalue weighted by Gasteiger charge is 2.30. The standard InChI is InChI=1S/C19H34N4O2/c1-2-20-19(21-10-9-16-6-3-4-7-16)23-13-11-22(12-14-23)18(24)17-8-5-15-25-17/h16-17H,2-15H2,1H3,(H,20,21). The van der Waals surface area contributed by atoms with E-state index in [-0.39, 0.29) is 12.0 Å². The Hall–Kier alpha value is -1.30. The van der Waals surface area contributed by atoms with Gasteiger partial charge in [-0.05, 0) is 32.1 Å². The number of nitrogens with one attached hydrogen (secondary N) is 1. The van der Waals surface area contributed by atoms with Crippen LogP contribution in [-0.4, -0.2) is 73.6 Å². The lowest BCUT2D eigenvalue weighted by Crippen LogP contribution is -2.55. The second-order valence-electron chi connectivity index (χ2n) is 7.49. The molecule has 2 heterocycles. The highest BCUT2D eigenvalue weighted by Crippen LogP contribution is 2.27. The van der Waals surface area contributed by atoms with E-state index in [1.54, 1.807) is 0 Å². The second kappa shape index (κ2) is 9.41. The monoisotopic (exact) mass is 350 g/mol. The van der Waals surface area contributed by atoms with Crippen molar-refractivity contribution in [2.45, 2.75) is 58.0 Å². The molecule has 3 fully saturated rings. The Bertz CT molecular complexity index is 448. The van der Waals surface area contributed by atoms with E-state index >= 15 is 0 Å². The number of rotatable bonds is 5. The highest BCUT2D eigenvalue weighted by atomic mass is 16.5. The van der Waals surface area contributed by atoms with Crippen molar-refractivity contribution in [1.82, 2.24) is 15.1 Å². The van der Waals surface area contributed by atoms with Crippen LogP contribution < -0.4 is 5.32 Å². The van der Waals surface area contributed by atoms with Gasteiger partial charge in [-0.3, -0.25) is 9.79 Å². The van der Waals surface area contributed by atoms with Crippen LogP contribution in [0.3, 0.4) is 0 Å². The fourth-order valence-corrected chi connectivity index (χ4v) is 4.19. The topological polar surface area (TPSA) is 57.2 Å². The zero-order valence-corrected chi connectivity index (χ0v) is 15.7. The lowest BCUT2D eigenvalue weighted by Gasteiger charge is -2.37. The van der Waals surface area contributed by atoms with Gasteiger partial charge in [0.25, 0.3) is 5.91 Å². The lowest BCUT2D eigenvalue weighted by atomic mass is 10.0. The maximum absolute atomic E-state index is 12.5. The predicted octanol–water partition coefficient (Wildman–Crippen LogP) is 1.86. The zero-order valence-electron chi connectivity index (χ0n) is 15.7.